The first kappa shape index (κ1) is 16.5. The van der Waals surface area contributed by atoms with Gasteiger partial charge in [0.15, 0.2) is 0 Å². The number of hydrogen-bond acceptors (Lipinski definition) is 2. The van der Waals surface area contributed by atoms with Gasteiger partial charge < -0.3 is 11.1 Å². The van der Waals surface area contributed by atoms with Crippen molar-refractivity contribution in [2.75, 3.05) is 0 Å². The van der Waals surface area contributed by atoms with E-state index in [9.17, 15) is 4.79 Å². The van der Waals surface area contributed by atoms with Crippen molar-refractivity contribution >= 4 is 5.91 Å². The Hall–Kier alpha value is -0.570. The molecule has 0 radical (unpaired) electrons. The quantitative estimate of drug-likeness (QED) is 0.777. The number of carbonyl (C=O) groups excluding carboxylic acids is 1. The van der Waals surface area contributed by atoms with E-state index in [2.05, 4.69) is 33.0 Å². The fraction of sp³-hybridized carbons (Fsp3) is 0.938. The maximum absolute atomic E-state index is 12.5. The average molecular weight is 268 g/mol. The Balaban J connectivity index is 2.61. The second-order valence-corrected chi connectivity index (χ2v) is 6.31. The minimum atomic E-state index is -0.0118. The van der Waals surface area contributed by atoms with Crippen LogP contribution in [0.15, 0.2) is 0 Å². The lowest BCUT2D eigenvalue weighted by Gasteiger charge is -2.36. The van der Waals surface area contributed by atoms with Gasteiger partial charge >= 0.3 is 0 Å². The topological polar surface area (TPSA) is 55.1 Å². The fourth-order valence-electron chi connectivity index (χ4n) is 3.33. The molecule has 0 heterocycles. The fourth-order valence-corrected chi connectivity index (χ4v) is 3.33. The molecule has 19 heavy (non-hydrogen) atoms. The summed E-state index contributed by atoms with van der Waals surface area (Å²) < 4.78 is 0. The predicted octanol–water partition coefficient (Wildman–Crippen LogP) is 3.23. The second-order valence-electron chi connectivity index (χ2n) is 6.31. The third-order valence-electron chi connectivity index (χ3n) is 5.29. The van der Waals surface area contributed by atoms with Gasteiger partial charge in [0.05, 0.1) is 0 Å². The summed E-state index contributed by atoms with van der Waals surface area (Å²) in [6, 6.07) is 0.294. The van der Waals surface area contributed by atoms with E-state index in [1.54, 1.807) is 0 Å². The van der Waals surface area contributed by atoms with Crippen LogP contribution in [-0.4, -0.2) is 17.5 Å². The van der Waals surface area contributed by atoms with Crippen molar-refractivity contribution in [2.24, 2.45) is 17.6 Å². The first-order valence-corrected chi connectivity index (χ1v) is 8.05. The molecule has 3 atom stereocenters. The Morgan fingerprint density at radius 2 is 1.84 bits per heavy atom. The van der Waals surface area contributed by atoms with Gasteiger partial charge in [-0.25, -0.2) is 0 Å². The molecule has 0 spiro atoms. The smallest absolute Gasteiger partial charge is 0.223 e. The average Bonchev–Trinajstić information content (AvgIpc) is 2.44. The summed E-state index contributed by atoms with van der Waals surface area (Å²) in [5, 5.41) is 3.31. The van der Waals surface area contributed by atoms with E-state index in [-0.39, 0.29) is 17.4 Å². The third-order valence-corrected chi connectivity index (χ3v) is 5.29. The van der Waals surface area contributed by atoms with Gasteiger partial charge in [-0.05, 0) is 44.4 Å². The number of amides is 1. The van der Waals surface area contributed by atoms with E-state index >= 15 is 0 Å². The Labute approximate surface area is 118 Å². The summed E-state index contributed by atoms with van der Waals surface area (Å²) in [7, 11) is 0. The first-order valence-electron chi connectivity index (χ1n) is 8.05. The molecule has 0 saturated heterocycles. The van der Waals surface area contributed by atoms with Gasteiger partial charge in [-0.1, -0.05) is 34.1 Å². The Bertz CT molecular complexity index is 278. The molecular weight excluding hydrogens is 236 g/mol. The minimum Gasteiger partial charge on any atom is -0.350 e. The van der Waals surface area contributed by atoms with Gasteiger partial charge in [-0.2, -0.15) is 0 Å². The van der Waals surface area contributed by atoms with E-state index in [1.165, 1.54) is 6.42 Å². The Morgan fingerprint density at radius 3 is 2.32 bits per heavy atom. The molecule has 1 saturated carbocycles. The molecule has 3 N–H and O–H groups in total. The van der Waals surface area contributed by atoms with Crippen LogP contribution in [0.2, 0.25) is 0 Å². The molecule has 1 aliphatic rings. The van der Waals surface area contributed by atoms with Gasteiger partial charge in [0.25, 0.3) is 0 Å². The number of nitrogens with one attached hydrogen (secondary N) is 1. The van der Waals surface area contributed by atoms with Crippen LogP contribution in [0.5, 0.6) is 0 Å². The molecule has 3 nitrogen and oxygen atoms in total. The highest BCUT2D eigenvalue weighted by Crippen LogP contribution is 2.30. The van der Waals surface area contributed by atoms with E-state index < -0.39 is 0 Å². The summed E-state index contributed by atoms with van der Waals surface area (Å²) in [5.74, 6) is 0.784. The number of carbonyl (C=O) groups is 1. The van der Waals surface area contributed by atoms with Crippen LogP contribution in [0, 0.1) is 11.8 Å². The normalized spacial score (nSPS) is 25.9. The maximum Gasteiger partial charge on any atom is 0.223 e. The van der Waals surface area contributed by atoms with Gasteiger partial charge in [0.1, 0.15) is 0 Å². The van der Waals surface area contributed by atoms with Crippen LogP contribution in [0.3, 0.4) is 0 Å². The van der Waals surface area contributed by atoms with Crippen molar-refractivity contribution in [3.05, 3.63) is 0 Å². The second kappa shape index (κ2) is 7.28. The van der Waals surface area contributed by atoms with Gasteiger partial charge in [0.2, 0.25) is 5.91 Å². The molecule has 0 bridgehead atoms. The molecule has 3 heteroatoms. The zero-order valence-corrected chi connectivity index (χ0v) is 13.2. The first-order chi connectivity index (χ1) is 8.98. The molecule has 3 unspecified atom stereocenters. The Kier molecular flexibility index (Phi) is 6.31. The lowest BCUT2D eigenvalue weighted by Crippen LogP contribution is -2.50. The zero-order valence-electron chi connectivity index (χ0n) is 13.2. The zero-order chi connectivity index (χ0) is 14.5. The largest absolute Gasteiger partial charge is 0.350 e. The summed E-state index contributed by atoms with van der Waals surface area (Å²) in [4.78, 5) is 12.5. The molecule has 0 aromatic carbocycles. The van der Waals surface area contributed by atoms with Crippen LogP contribution >= 0.6 is 0 Å². The number of hydrogen-bond donors (Lipinski definition) is 2. The van der Waals surface area contributed by atoms with Crippen LogP contribution in [0.1, 0.15) is 72.6 Å². The summed E-state index contributed by atoms with van der Waals surface area (Å²) >= 11 is 0. The molecule has 1 rings (SSSR count). The van der Waals surface area contributed by atoms with E-state index in [1.807, 2.05) is 0 Å². The SMILES string of the molecule is CCC(CC)(CC)NC(=O)C(C)C1CCCC(N)C1. The van der Waals surface area contributed by atoms with Crippen molar-refractivity contribution in [3.63, 3.8) is 0 Å². The molecule has 0 aromatic rings. The third kappa shape index (κ3) is 4.20. The predicted molar refractivity (Wildman–Crippen MR) is 80.8 cm³/mol. The lowest BCUT2D eigenvalue weighted by atomic mass is 9.78. The summed E-state index contributed by atoms with van der Waals surface area (Å²) in [6.45, 7) is 8.56. The summed E-state index contributed by atoms with van der Waals surface area (Å²) in [6.07, 6.45) is 7.46. The van der Waals surface area contributed by atoms with Crippen molar-refractivity contribution < 1.29 is 4.79 Å². The number of rotatable bonds is 6. The van der Waals surface area contributed by atoms with Gasteiger partial charge in [-0.15, -0.1) is 0 Å². The molecule has 0 aromatic heterocycles. The standard InChI is InChI=1S/C16H32N2O/c1-5-16(6-2,7-3)18-15(19)12(4)13-9-8-10-14(17)11-13/h12-14H,5-11,17H2,1-4H3,(H,18,19). The van der Waals surface area contributed by atoms with Crippen LogP contribution in [-0.2, 0) is 4.79 Å². The molecule has 1 aliphatic carbocycles. The van der Waals surface area contributed by atoms with Gasteiger partial charge in [0, 0.05) is 17.5 Å². The molecule has 1 amide bonds. The van der Waals surface area contributed by atoms with Crippen molar-refractivity contribution in [3.8, 4) is 0 Å². The van der Waals surface area contributed by atoms with Gasteiger partial charge in [-0.3, -0.25) is 4.79 Å². The maximum atomic E-state index is 12.5. The van der Waals surface area contributed by atoms with E-state index in [0.717, 1.165) is 38.5 Å². The van der Waals surface area contributed by atoms with Crippen LogP contribution < -0.4 is 11.1 Å². The lowest BCUT2D eigenvalue weighted by molar-refractivity contribution is -0.128. The molecule has 112 valence electrons. The van der Waals surface area contributed by atoms with Crippen molar-refractivity contribution in [2.45, 2.75) is 84.2 Å². The van der Waals surface area contributed by atoms with E-state index in [4.69, 9.17) is 5.73 Å². The molecule has 1 fully saturated rings. The minimum absolute atomic E-state index is 0.0118. The van der Waals surface area contributed by atoms with E-state index in [0.29, 0.717) is 12.0 Å². The Morgan fingerprint density at radius 1 is 1.26 bits per heavy atom. The monoisotopic (exact) mass is 268 g/mol. The van der Waals surface area contributed by atoms with Crippen molar-refractivity contribution in [1.82, 2.24) is 5.32 Å². The highest BCUT2D eigenvalue weighted by molar-refractivity contribution is 5.79. The van der Waals surface area contributed by atoms with Crippen LogP contribution in [0.4, 0.5) is 0 Å². The summed E-state index contributed by atoms with van der Waals surface area (Å²) in [5.41, 5.74) is 6.03. The van der Waals surface area contributed by atoms with Crippen molar-refractivity contribution in [1.29, 1.82) is 0 Å². The highest BCUT2D eigenvalue weighted by Gasteiger charge is 2.32. The molecular formula is C16H32N2O. The number of nitrogens with two attached hydrogens (primary N) is 1. The highest BCUT2D eigenvalue weighted by atomic mass is 16.2. The molecule has 0 aliphatic heterocycles. The van der Waals surface area contributed by atoms with Crippen LogP contribution in [0.25, 0.3) is 0 Å².